The van der Waals surface area contributed by atoms with Crippen LogP contribution in [0.5, 0.6) is 0 Å². The van der Waals surface area contributed by atoms with Gasteiger partial charge in [0.1, 0.15) is 5.58 Å². The molecule has 0 bridgehead atoms. The molecule has 3 nitrogen and oxygen atoms in total. The molecule has 0 N–H and O–H groups in total. The Morgan fingerprint density at radius 1 is 0.708 bits per heavy atom. The first-order valence-electron chi connectivity index (χ1n) is 16.3. The van der Waals surface area contributed by atoms with E-state index in [2.05, 4.69) is 131 Å². The summed E-state index contributed by atoms with van der Waals surface area (Å²) in [5.41, 5.74) is 10.7. The van der Waals surface area contributed by atoms with Gasteiger partial charge in [0.05, 0.1) is 13.7 Å². The smallest absolute Gasteiger partial charge is 0.128 e. The van der Waals surface area contributed by atoms with Gasteiger partial charge in [0.15, 0.2) is 0 Å². The number of fused-ring (bicyclic) bond motifs is 3. The van der Waals surface area contributed by atoms with E-state index in [0.29, 0.717) is 0 Å². The average Bonchev–Trinajstić information content (AvgIpc) is 3.45. The van der Waals surface area contributed by atoms with Gasteiger partial charge in [-0.3, -0.25) is 0 Å². The molecule has 0 saturated carbocycles. The van der Waals surface area contributed by atoms with E-state index in [1.54, 1.807) is 0 Å². The number of rotatable bonds is 5. The summed E-state index contributed by atoms with van der Waals surface area (Å²) in [6, 6.07) is 41.9. The van der Waals surface area contributed by atoms with Crippen molar-refractivity contribution in [2.45, 2.75) is 53.8 Å². The Kier molecular flexibility index (Phi) is 10.6. The molecule has 0 amide bonds. The Bertz CT molecular complexity index is 2130. The molecule has 3 heterocycles. The summed E-state index contributed by atoms with van der Waals surface area (Å²) in [7, 11) is -1.23. The van der Waals surface area contributed by atoms with Crippen LogP contribution in [0.25, 0.3) is 55.6 Å². The molecular weight excluding hydrogens is 781 g/mol. The summed E-state index contributed by atoms with van der Waals surface area (Å²) in [6.07, 6.45) is 4.99. The fraction of sp³-hybridized carbons (Fsp3) is 0.209. The third kappa shape index (κ3) is 7.93. The zero-order chi connectivity index (χ0) is 33.2. The van der Waals surface area contributed by atoms with E-state index in [0.717, 1.165) is 62.0 Å². The van der Waals surface area contributed by atoms with Crippen molar-refractivity contribution in [2.24, 2.45) is 5.41 Å². The molecule has 0 saturated heterocycles. The Hall–Kier alpha value is -4.15. The molecule has 4 aromatic carbocycles. The van der Waals surface area contributed by atoms with Crippen LogP contribution in [-0.4, -0.2) is 18.0 Å². The summed E-state index contributed by atoms with van der Waals surface area (Å²) >= 11 is 0. The van der Waals surface area contributed by atoms with Crippen LogP contribution < -0.4 is 5.19 Å². The van der Waals surface area contributed by atoms with E-state index in [9.17, 15) is 0 Å². The molecule has 0 spiro atoms. The van der Waals surface area contributed by atoms with E-state index in [1.165, 1.54) is 16.3 Å². The number of pyridine rings is 2. The van der Waals surface area contributed by atoms with Gasteiger partial charge in [-0.05, 0) is 46.5 Å². The molecule has 0 unspecified atom stereocenters. The third-order valence-electron chi connectivity index (χ3n) is 8.35. The third-order valence-corrected chi connectivity index (χ3v) is 10.4. The zero-order valence-corrected chi connectivity index (χ0v) is 32.2. The topological polar surface area (TPSA) is 38.9 Å². The van der Waals surface area contributed by atoms with Crippen molar-refractivity contribution in [3.05, 3.63) is 139 Å². The predicted molar refractivity (Wildman–Crippen MR) is 201 cm³/mol. The minimum atomic E-state index is -1.23. The van der Waals surface area contributed by atoms with Crippen LogP contribution in [0.15, 0.2) is 120 Å². The van der Waals surface area contributed by atoms with Crippen molar-refractivity contribution in [3.63, 3.8) is 0 Å². The van der Waals surface area contributed by atoms with E-state index < -0.39 is 8.07 Å². The number of benzene rings is 4. The predicted octanol–water partition coefficient (Wildman–Crippen LogP) is 11.1. The zero-order valence-electron chi connectivity index (χ0n) is 28.8. The number of furan rings is 1. The Morgan fingerprint density at radius 3 is 2.10 bits per heavy atom. The summed E-state index contributed by atoms with van der Waals surface area (Å²) < 4.78 is 6.52. The minimum Gasteiger partial charge on any atom is -0.500 e. The number of aromatic nitrogens is 2. The number of nitrogens with zero attached hydrogens (tertiary/aromatic N) is 2. The largest absolute Gasteiger partial charge is 0.500 e. The molecule has 5 heteroatoms. The van der Waals surface area contributed by atoms with Gasteiger partial charge in [-0.1, -0.05) is 124 Å². The van der Waals surface area contributed by atoms with Gasteiger partial charge in [0.2, 0.25) is 0 Å². The van der Waals surface area contributed by atoms with Crippen LogP contribution in [0.2, 0.25) is 19.6 Å². The van der Waals surface area contributed by atoms with Gasteiger partial charge in [-0.2, -0.15) is 0 Å². The summed E-state index contributed by atoms with van der Waals surface area (Å²) in [5, 5.41) is 3.61. The van der Waals surface area contributed by atoms with Crippen LogP contribution in [0.1, 0.15) is 31.9 Å². The molecule has 1 radical (unpaired) electrons. The summed E-state index contributed by atoms with van der Waals surface area (Å²) in [5.74, 6) is 0. The van der Waals surface area contributed by atoms with E-state index in [4.69, 9.17) is 9.40 Å². The second-order valence-corrected chi connectivity index (χ2v) is 19.5. The fourth-order valence-corrected chi connectivity index (χ4v) is 6.85. The molecule has 7 aromatic rings. The second kappa shape index (κ2) is 14.5. The van der Waals surface area contributed by atoms with Crippen molar-refractivity contribution >= 4 is 35.2 Å². The van der Waals surface area contributed by atoms with Gasteiger partial charge in [-0.25, -0.2) is 0 Å². The molecule has 0 aliphatic rings. The summed E-state index contributed by atoms with van der Waals surface area (Å²) in [4.78, 5) is 9.27. The molecule has 0 fully saturated rings. The molecular formula is C43H42IrN2OSi-2. The van der Waals surface area contributed by atoms with Crippen molar-refractivity contribution in [1.82, 2.24) is 9.97 Å². The fourth-order valence-electron chi connectivity index (χ4n) is 5.81. The van der Waals surface area contributed by atoms with Gasteiger partial charge in [0, 0.05) is 43.4 Å². The molecule has 0 aliphatic heterocycles. The van der Waals surface area contributed by atoms with Crippen molar-refractivity contribution < 1.29 is 24.5 Å². The van der Waals surface area contributed by atoms with Crippen molar-refractivity contribution in [2.75, 3.05) is 0 Å². The second-order valence-electron chi connectivity index (χ2n) is 14.4. The maximum absolute atomic E-state index is 6.52. The van der Waals surface area contributed by atoms with Crippen molar-refractivity contribution in [1.29, 1.82) is 0 Å². The van der Waals surface area contributed by atoms with E-state index in [-0.39, 0.29) is 25.5 Å². The molecule has 7 rings (SSSR count). The summed E-state index contributed by atoms with van der Waals surface area (Å²) in [6.45, 7) is 15.9. The molecule has 245 valence electrons. The number of hydrogen-bond donors (Lipinski definition) is 0. The van der Waals surface area contributed by atoms with Gasteiger partial charge in [-0.15, -0.1) is 54.1 Å². The van der Waals surface area contributed by atoms with Crippen LogP contribution in [-0.2, 0) is 26.5 Å². The minimum absolute atomic E-state index is 0. The Morgan fingerprint density at radius 2 is 1.44 bits per heavy atom. The SMILES string of the molecule is C[Si](C)(C)c1ccc(-c2[c-]cccc2)nc1.Cc1cnc(-c2[c-]ccc3c2oc2c(-c4ccccc4)cccc23)cc1CC(C)(C)C.[Ir]. The molecule has 0 aliphatic carbocycles. The van der Waals surface area contributed by atoms with E-state index >= 15 is 0 Å². The van der Waals surface area contributed by atoms with Crippen molar-refractivity contribution in [3.8, 4) is 33.6 Å². The maximum Gasteiger partial charge on any atom is 0.128 e. The Labute approximate surface area is 299 Å². The maximum atomic E-state index is 6.52. The van der Waals surface area contributed by atoms with Crippen LogP contribution in [0.3, 0.4) is 0 Å². The number of hydrogen-bond acceptors (Lipinski definition) is 3. The number of aryl methyl sites for hydroxylation is 1. The normalized spacial score (nSPS) is 11.6. The van der Waals surface area contributed by atoms with Gasteiger partial charge >= 0.3 is 0 Å². The molecule has 48 heavy (non-hydrogen) atoms. The van der Waals surface area contributed by atoms with Gasteiger partial charge in [0.25, 0.3) is 0 Å². The van der Waals surface area contributed by atoms with Crippen LogP contribution >= 0.6 is 0 Å². The first-order chi connectivity index (χ1) is 22.5. The molecule has 3 aromatic heterocycles. The Balaban J connectivity index is 0.000000224. The van der Waals surface area contributed by atoms with Gasteiger partial charge < -0.3 is 14.4 Å². The first kappa shape index (κ1) is 35.2. The quantitative estimate of drug-likeness (QED) is 0.128. The molecule has 0 atom stereocenters. The van der Waals surface area contributed by atoms with Crippen LogP contribution in [0, 0.1) is 24.5 Å². The number of para-hydroxylation sites is 1. The standard InChI is InChI=1S/C29H26NO.C14H16NSi.Ir/c1-19-18-30-26(16-21(19)17-29(2,3)4)25-15-9-14-24-23-13-8-12-22(27(23)31-28(24)25)20-10-6-5-7-11-20;1-16(2,3)13-9-10-14(15-11-13)12-7-5-4-6-8-12;/h5-14,16,18H,17H2,1-4H3;4-7,9-11H,1-3H3;/q2*-1;. The first-order valence-corrected chi connectivity index (χ1v) is 19.8. The monoisotopic (exact) mass is 823 g/mol. The average molecular weight is 823 g/mol. The van der Waals surface area contributed by atoms with Crippen LogP contribution in [0.4, 0.5) is 0 Å². The van der Waals surface area contributed by atoms with E-state index in [1.807, 2.05) is 48.8 Å².